The second-order valence-electron chi connectivity index (χ2n) is 9.81. The fourth-order valence-corrected chi connectivity index (χ4v) is 5.89. The van der Waals surface area contributed by atoms with Crippen molar-refractivity contribution in [2.45, 2.75) is 38.7 Å². The number of fused-ring (bicyclic) bond motifs is 2. The standard InChI is InChI=1S/C25H22F3N5O3/c1-11-6-12(2)8-14(7-11)32-10-24-5-4-16(36-24)18(19(24)23(32)35)22(34)33-21-17(20(29)31-33)15(25(26,27)28)9-13(3)30-21/h4-9,16,18-19H,10H2,1-3H3,(H2,29,31)/t16-,18-,19+,24+/m0/s1. The Morgan fingerprint density at radius 2 is 1.86 bits per heavy atom. The molecule has 0 saturated carbocycles. The number of pyridine rings is 1. The smallest absolute Gasteiger partial charge is 0.382 e. The molecule has 0 aliphatic carbocycles. The molecule has 3 aliphatic heterocycles. The van der Waals surface area contributed by atoms with E-state index in [-0.39, 0.29) is 23.8 Å². The summed E-state index contributed by atoms with van der Waals surface area (Å²) in [5, 5.41) is 3.51. The molecule has 2 saturated heterocycles. The van der Waals surface area contributed by atoms with E-state index in [1.54, 1.807) is 11.0 Å². The number of amides is 1. The summed E-state index contributed by atoms with van der Waals surface area (Å²) < 4.78 is 48.1. The summed E-state index contributed by atoms with van der Waals surface area (Å²) >= 11 is 0. The van der Waals surface area contributed by atoms with Crippen LogP contribution in [0.4, 0.5) is 24.7 Å². The van der Waals surface area contributed by atoms with Crippen molar-refractivity contribution in [3.05, 3.63) is 58.8 Å². The van der Waals surface area contributed by atoms with Crippen molar-refractivity contribution in [2.24, 2.45) is 11.8 Å². The van der Waals surface area contributed by atoms with Crippen molar-refractivity contribution < 1.29 is 27.5 Å². The highest BCUT2D eigenvalue weighted by Crippen LogP contribution is 2.53. The van der Waals surface area contributed by atoms with E-state index in [1.165, 1.54) is 6.92 Å². The molecule has 3 aliphatic rings. The Morgan fingerprint density at radius 1 is 1.17 bits per heavy atom. The monoisotopic (exact) mass is 497 g/mol. The van der Waals surface area contributed by atoms with Gasteiger partial charge in [0.05, 0.1) is 35.4 Å². The zero-order valence-electron chi connectivity index (χ0n) is 19.6. The molecule has 6 rings (SSSR count). The largest absolute Gasteiger partial charge is 0.417 e. The van der Waals surface area contributed by atoms with Crippen LogP contribution in [0.1, 0.15) is 27.2 Å². The van der Waals surface area contributed by atoms with Gasteiger partial charge in [-0.1, -0.05) is 18.2 Å². The zero-order valence-corrected chi connectivity index (χ0v) is 19.6. The van der Waals surface area contributed by atoms with E-state index in [1.807, 2.05) is 38.1 Å². The van der Waals surface area contributed by atoms with Crippen LogP contribution >= 0.6 is 0 Å². The van der Waals surface area contributed by atoms with Gasteiger partial charge >= 0.3 is 6.18 Å². The number of rotatable bonds is 2. The van der Waals surface area contributed by atoms with Crippen molar-refractivity contribution in [1.82, 2.24) is 14.8 Å². The summed E-state index contributed by atoms with van der Waals surface area (Å²) in [6.07, 6.45) is -1.88. The molecule has 36 heavy (non-hydrogen) atoms. The van der Waals surface area contributed by atoms with Gasteiger partial charge in [-0.3, -0.25) is 9.59 Å². The van der Waals surface area contributed by atoms with Crippen LogP contribution in [0.25, 0.3) is 11.0 Å². The number of aryl methyl sites for hydroxylation is 3. The quantitative estimate of drug-likeness (QED) is 0.543. The molecular formula is C25H22F3N5O3. The second kappa shape index (κ2) is 7.16. The molecule has 1 aromatic carbocycles. The number of hydrogen-bond acceptors (Lipinski definition) is 6. The molecule has 2 bridgehead atoms. The second-order valence-corrected chi connectivity index (χ2v) is 9.81. The molecule has 5 heterocycles. The zero-order chi connectivity index (χ0) is 25.7. The summed E-state index contributed by atoms with van der Waals surface area (Å²) in [7, 11) is 0. The van der Waals surface area contributed by atoms with Crippen LogP contribution in [0.2, 0.25) is 0 Å². The topological polar surface area (TPSA) is 103 Å². The van der Waals surface area contributed by atoms with Crippen molar-refractivity contribution in [3.8, 4) is 0 Å². The van der Waals surface area contributed by atoms with Crippen LogP contribution in [0.5, 0.6) is 0 Å². The number of anilines is 2. The number of halogens is 3. The molecular weight excluding hydrogens is 475 g/mol. The van der Waals surface area contributed by atoms with Crippen molar-refractivity contribution in [2.75, 3.05) is 17.2 Å². The third-order valence-electron chi connectivity index (χ3n) is 7.21. The summed E-state index contributed by atoms with van der Waals surface area (Å²) in [6.45, 7) is 5.49. The Labute approximate surface area is 203 Å². The predicted octanol–water partition coefficient (Wildman–Crippen LogP) is 3.58. The lowest BCUT2D eigenvalue weighted by atomic mass is 9.77. The fraction of sp³-hybridized carbons (Fsp3) is 0.360. The maximum absolute atomic E-state index is 13.8. The molecule has 3 aromatic rings. The third kappa shape index (κ3) is 3.05. The van der Waals surface area contributed by atoms with Crippen LogP contribution in [0, 0.1) is 32.6 Å². The number of hydrogen-bond donors (Lipinski definition) is 1. The van der Waals surface area contributed by atoms with E-state index in [0.717, 1.165) is 21.9 Å². The first-order valence-electron chi connectivity index (χ1n) is 11.4. The normalized spacial score (nSPS) is 26.9. The Hall–Kier alpha value is -3.73. The lowest BCUT2D eigenvalue weighted by Crippen LogP contribution is -2.41. The molecule has 11 heteroatoms. The van der Waals surface area contributed by atoms with Gasteiger partial charge < -0.3 is 15.4 Å². The molecule has 1 spiro atoms. The van der Waals surface area contributed by atoms with Gasteiger partial charge in [-0.25, -0.2) is 4.98 Å². The average molecular weight is 497 g/mol. The summed E-state index contributed by atoms with van der Waals surface area (Å²) in [5.74, 6) is -3.26. The summed E-state index contributed by atoms with van der Waals surface area (Å²) in [5.41, 5.74) is 6.28. The Kier molecular flexibility index (Phi) is 4.52. The van der Waals surface area contributed by atoms with Gasteiger partial charge in [0.1, 0.15) is 5.60 Å². The number of nitrogens with two attached hydrogens (primary N) is 1. The first kappa shape index (κ1) is 22.7. The number of ether oxygens (including phenoxy) is 1. The molecule has 2 fully saturated rings. The van der Waals surface area contributed by atoms with Crippen LogP contribution in [0.3, 0.4) is 0 Å². The molecule has 2 aromatic heterocycles. The summed E-state index contributed by atoms with van der Waals surface area (Å²) in [4.78, 5) is 33.3. The molecule has 1 amide bonds. The number of alkyl halides is 3. The highest BCUT2D eigenvalue weighted by molar-refractivity contribution is 6.05. The van der Waals surface area contributed by atoms with E-state index < -0.39 is 52.4 Å². The lowest BCUT2D eigenvalue weighted by Gasteiger charge is -2.23. The summed E-state index contributed by atoms with van der Waals surface area (Å²) in [6, 6.07) is 6.65. The van der Waals surface area contributed by atoms with E-state index in [9.17, 15) is 22.8 Å². The molecule has 8 nitrogen and oxygen atoms in total. The maximum Gasteiger partial charge on any atom is 0.417 e. The van der Waals surface area contributed by atoms with Crippen LogP contribution in [-0.4, -0.2) is 44.8 Å². The molecule has 186 valence electrons. The molecule has 0 unspecified atom stereocenters. The minimum absolute atomic E-state index is 0.0577. The first-order valence-corrected chi connectivity index (χ1v) is 11.4. The molecule has 2 N–H and O–H groups in total. The van der Waals surface area contributed by atoms with Crippen molar-refractivity contribution in [3.63, 3.8) is 0 Å². The minimum atomic E-state index is -4.72. The number of nitrogens with zero attached hydrogens (tertiary/aromatic N) is 4. The van der Waals surface area contributed by atoms with Gasteiger partial charge in [-0.2, -0.15) is 17.9 Å². The fourth-order valence-electron chi connectivity index (χ4n) is 5.89. The van der Waals surface area contributed by atoms with Gasteiger partial charge in [0.25, 0.3) is 5.91 Å². The van der Waals surface area contributed by atoms with Gasteiger partial charge in [-0.15, -0.1) is 5.10 Å². The first-order chi connectivity index (χ1) is 16.9. The van der Waals surface area contributed by atoms with Gasteiger partial charge in [0.15, 0.2) is 11.5 Å². The third-order valence-corrected chi connectivity index (χ3v) is 7.21. The van der Waals surface area contributed by atoms with E-state index in [4.69, 9.17) is 10.5 Å². The molecule has 4 atom stereocenters. The average Bonchev–Trinajstić information content (AvgIpc) is 3.50. The molecule has 0 radical (unpaired) electrons. The van der Waals surface area contributed by atoms with Gasteiger partial charge in [-0.05, 0) is 50.1 Å². The lowest BCUT2D eigenvalue weighted by molar-refractivity contribution is -0.136. The van der Waals surface area contributed by atoms with E-state index >= 15 is 0 Å². The van der Waals surface area contributed by atoms with Crippen LogP contribution in [-0.2, 0) is 15.7 Å². The number of carbonyl (C=O) groups excluding carboxylic acids is 2. The number of aromatic nitrogens is 3. The van der Waals surface area contributed by atoms with Gasteiger partial charge in [0, 0.05) is 11.4 Å². The SMILES string of the molecule is Cc1cc(C)cc(N2C[C@@]34C=C[C@H](O3)[C@H](C(=O)n3nc(N)c5c(C(F)(F)F)cc(C)nc53)[C@@H]4C2=O)c1. The minimum Gasteiger partial charge on any atom is -0.382 e. The van der Waals surface area contributed by atoms with E-state index in [2.05, 4.69) is 10.1 Å². The van der Waals surface area contributed by atoms with E-state index in [0.29, 0.717) is 5.69 Å². The van der Waals surface area contributed by atoms with Crippen molar-refractivity contribution >= 4 is 34.4 Å². The van der Waals surface area contributed by atoms with Crippen LogP contribution < -0.4 is 10.6 Å². The van der Waals surface area contributed by atoms with Crippen LogP contribution in [0.15, 0.2) is 36.4 Å². The number of benzene rings is 1. The highest BCUT2D eigenvalue weighted by Gasteiger charge is 2.67. The van der Waals surface area contributed by atoms with Gasteiger partial charge in [0.2, 0.25) is 5.91 Å². The number of nitrogen functional groups attached to an aromatic ring is 1. The Morgan fingerprint density at radius 3 is 2.53 bits per heavy atom. The Balaban J connectivity index is 1.44. The Bertz CT molecular complexity index is 1490. The predicted molar refractivity (Wildman–Crippen MR) is 124 cm³/mol. The maximum atomic E-state index is 13.8. The number of carbonyl (C=O) groups is 2. The highest BCUT2D eigenvalue weighted by atomic mass is 19.4. The van der Waals surface area contributed by atoms with Crippen molar-refractivity contribution in [1.29, 1.82) is 0 Å².